The minimum atomic E-state index is -0.183. The van der Waals surface area contributed by atoms with Crippen molar-refractivity contribution in [3.8, 4) is 11.8 Å². The van der Waals surface area contributed by atoms with E-state index in [9.17, 15) is 4.79 Å². The van der Waals surface area contributed by atoms with E-state index in [2.05, 4.69) is 42.7 Å². The second-order valence-corrected chi connectivity index (χ2v) is 7.14. The Morgan fingerprint density at radius 3 is 2.93 bits per heavy atom. The van der Waals surface area contributed by atoms with Gasteiger partial charge in [-0.3, -0.25) is 4.79 Å². The first kappa shape index (κ1) is 18.5. The van der Waals surface area contributed by atoms with Gasteiger partial charge in [-0.25, -0.2) is 4.52 Å². The highest BCUT2D eigenvalue weighted by Gasteiger charge is 2.11. The Labute approximate surface area is 170 Å². The Hall–Kier alpha value is -3.84. The number of rotatable bonds is 5. The average Bonchev–Trinajstić information content (AvgIpc) is 3.32. The zero-order chi connectivity index (χ0) is 20.1. The van der Waals surface area contributed by atoms with Crippen LogP contribution in [0.2, 0.25) is 0 Å². The van der Waals surface area contributed by atoms with Gasteiger partial charge in [0.1, 0.15) is 16.5 Å². The molecule has 0 fully saturated rings. The highest BCUT2D eigenvalue weighted by atomic mass is 32.1. The van der Waals surface area contributed by atoms with E-state index in [0.29, 0.717) is 35.2 Å². The number of amides is 1. The Kier molecular flexibility index (Phi) is 5.40. The third-order valence-corrected chi connectivity index (χ3v) is 4.74. The third-order valence-electron chi connectivity index (χ3n) is 3.84. The van der Waals surface area contributed by atoms with Crippen molar-refractivity contribution in [2.75, 3.05) is 11.1 Å². The quantitative estimate of drug-likeness (QED) is 0.485. The van der Waals surface area contributed by atoms with Gasteiger partial charge in [0.25, 0.3) is 0 Å². The van der Waals surface area contributed by atoms with Crippen molar-refractivity contribution < 1.29 is 4.79 Å². The smallest absolute Gasteiger partial charge is 0.232 e. The molecule has 1 amide bonds. The average molecular weight is 404 g/mol. The molecule has 3 N–H and O–H groups in total. The first-order chi connectivity index (χ1) is 14.2. The fourth-order valence-corrected chi connectivity index (χ4v) is 3.30. The molecule has 4 heterocycles. The van der Waals surface area contributed by atoms with Crippen LogP contribution in [0.3, 0.4) is 0 Å². The second-order valence-electron chi connectivity index (χ2n) is 6.08. The van der Waals surface area contributed by atoms with Gasteiger partial charge in [0, 0.05) is 19.0 Å². The number of anilines is 2. The van der Waals surface area contributed by atoms with Crippen LogP contribution in [0.5, 0.6) is 0 Å². The van der Waals surface area contributed by atoms with Crippen LogP contribution >= 0.6 is 11.3 Å². The lowest BCUT2D eigenvalue weighted by Gasteiger charge is -1.97. The van der Waals surface area contributed by atoms with Crippen molar-refractivity contribution in [3.63, 3.8) is 0 Å². The van der Waals surface area contributed by atoms with E-state index in [4.69, 9.17) is 5.73 Å². The van der Waals surface area contributed by atoms with E-state index in [1.165, 1.54) is 11.3 Å². The van der Waals surface area contributed by atoms with Gasteiger partial charge in [-0.1, -0.05) is 23.3 Å². The van der Waals surface area contributed by atoms with E-state index in [0.717, 1.165) is 10.5 Å². The summed E-state index contributed by atoms with van der Waals surface area (Å²) in [6.45, 7) is 0. The predicted molar refractivity (Wildman–Crippen MR) is 109 cm³/mol. The summed E-state index contributed by atoms with van der Waals surface area (Å²) in [6.07, 6.45) is 3.24. The van der Waals surface area contributed by atoms with E-state index in [-0.39, 0.29) is 12.3 Å². The molecular weight excluding hydrogens is 388 g/mol. The molecule has 0 unspecified atom stereocenters. The number of hydrogen-bond acceptors (Lipinski definition) is 8. The molecule has 0 atom stereocenters. The fraction of sp³-hybridized carbons (Fsp3) is 0.158. The van der Waals surface area contributed by atoms with E-state index in [1.54, 1.807) is 16.6 Å². The molecule has 0 radical (unpaired) electrons. The maximum Gasteiger partial charge on any atom is 0.232 e. The number of hydrogen-bond donors (Lipinski definition) is 2. The number of nitrogen functional groups attached to an aromatic ring is 1. The Bertz CT molecular complexity index is 1170. The van der Waals surface area contributed by atoms with Gasteiger partial charge in [0.05, 0.1) is 17.6 Å². The lowest BCUT2D eigenvalue weighted by Crippen LogP contribution is -2.14. The van der Waals surface area contributed by atoms with Crippen molar-refractivity contribution >= 4 is 33.7 Å². The molecule has 0 saturated carbocycles. The molecule has 4 aromatic rings. The van der Waals surface area contributed by atoms with Crippen LogP contribution in [-0.4, -0.2) is 35.9 Å². The molecule has 4 rings (SSSR count). The van der Waals surface area contributed by atoms with Crippen LogP contribution in [0.4, 0.5) is 10.9 Å². The molecule has 0 spiro atoms. The number of pyridine rings is 1. The highest BCUT2D eigenvalue weighted by Crippen LogP contribution is 2.17. The minimum Gasteiger partial charge on any atom is -0.382 e. The lowest BCUT2D eigenvalue weighted by atomic mass is 10.3. The molecule has 29 heavy (non-hydrogen) atoms. The molecule has 0 aromatic carbocycles. The van der Waals surface area contributed by atoms with Crippen molar-refractivity contribution in [2.24, 2.45) is 0 Å². The van der Waals surface area contributed by atoms with Gasteiger partial charge in [-0.15, -0.1) is 20.4 Å². The molecule has 10 heteroatoms. The van der Waals surface area contributed by atoms with Gasteiger partial charge < -0.3 is 11.1 Å². The monoisotopic (exact) mass is 404 g/mol. The van der Waals surface area contributed by atoms with Crippen LogP contribution < -0.4 is 11.1 Å². The first-order valence-electron chi connectivity index (χ1n) is 8.79. The summed E-state index contributed by atoms with van der Waals surface area (Å²) in [6, 6.07) is 11.0. The Balaban J connectivity index is 1.28. The normalized spacial score (nSPS) is 10.5. The highest BCUT2D eigenvalue weighted by molar-refractivity contribution is 7.15. The maximum atomic E-state index is 12.2. The molecule has 0 aliphatic carbocycles. The van der Waals surface area contributed by atoms with Crippen molar-refractivity contribution in [2.45, 2.75) is 19.3 Å². The number of aryl methyl sites for hydroxylation is 1. The topological polar surface area (TPSA) is 124 Å². The number of nitrogens with zero attached hydrogens (tertiary/aromatic N) is 6. The maximum absolute atomic E-state index is 12.2. The van der Waals surface area contributed by atoms with Gasteiger partial charge >= 0.3 is 0 Å². The minimum absolute atomic E-state index is 0.171. The van der Waals surface area contributed by atoms with E-state index in [1.807, 2.05) is 30.5 Å². The lowest BCUT2D eigenvalue weighted by molar-refractivity contribution is -0.115. The SMILES string of the molecule is Nc1ccc(C#CCCc2nnc(NC(=O)Cc3cc4ccccn4n3)s2)nn1. The summed E-state index contributed by atoms with van der Waals surface area (Å²) in [5.74, 6) is 6.11. The van der Waals surface area contributed by atoms with Crippen molar-refractivity contribution in [1.29, 1.82) is 0 Å². The molecule has 144 valence electrons. The van der Waals surface area contributed by atoms with Gasteiger partial charge in [-0.2, -0.15) is 5.10 Å². The zero-order valence-electron chi connectivity index (χ0n) is 15.2. The van der Waals surface area contributed by atoms with E-state index < -0.39 is 0 Å². The summed E-state index contributed by atoms with van der Waals surface area (Å²) < 4.78 is 1.74. The Morgan fingerprint density at radius 1 is 1.17 bits per heavy atom. The number of carbonyl (C=O) groups is 1. The van der Waals surface area contributed by atoms with E-state index >= 15 is 0 Å². The number of nitrogens with one attached hydrogen (secondary N) is 1. The van der Waals surface area contributed by atoms with Crippen molar-refractivity contribution in [3.05, 3.63) is 59.0 Å². The van der Waals surface area contributed by atoms with Crippen molar-refractivity contribution in [1.82, 2.24) is 30.0 Å². The third kappa shape index (κ3) is 4.91. The molecule has 0 aliphatic rings. The largest absolute Gasteiger partial charge is 0.382 e. The van der Waals surface area contributed by atoms with Crippen LogP contribution in [0, 0.1) is 11.8 Å². The standard InChI is InChI=1S/C19H16N8OS/c20-16-9-8-13(22-23-16)5-1-2-7-18-24-25-19(29-18)21-17(28)12-14-11-15-6-3-4-10-27(15)26-14/h3-4,6,8-11H,2,7,12H2,(H2,20,23)(H,21,25,28). The summed E-state index contributed by atoms with van der Waals surface area (Å²) in [4.78, 5) is 12.2. The predicted octanol–water partition coefficient (Wildman–Crippen LogP) is 1.72. The molecule has 0 bridgehead atoms. The van der Waals surface area contributed by atoms with Crippen LogP contribution in [0.25, 0.3) is 5.52 Å². The molecule has 0 saturated heterocycles. The molecular formula is C19H16N8OS. The Morgan fingerprint density at radius 2 is 2.10 bits per heavy atom. The van der Waals surface area contributed by atoms with Gasteiger partial charge in [0.2, 0.25) is 11.0 Å². The number of nitrogens with two attached hydrogens (primary N) is 1. The second kappa shape index (κ2) is 8.45. The molecule has 9 nitrogen and oxygen atoms in total. The summed E-state index contributed by atoms with van der Waals surface area (Å²) in [7, 11) is 0. The van der Waals surface area contributed by atoms with Gasteiger partial charge in [0.15, 0.2) is 0 Å². The van der Waals surface area contributed by atoms with Gasteiger partial charge in [-0.05, 0) is 36.3 Å². The number of aromatic nitrogens is 6. The molecule has 0 aliphatic heterocycles. The van der Waals surface area contributed by atoms with Crippen LogP contribution in [-0.2, 0) is 17.6 Å². The summed E-state index contributed by atoms with van der Waals surface area (Å²) >= 11 is 1.33. The summed E-state index contributed by atoms with van der Waals surface area (Å²) in [5, 5.41) is 24.1. The molecule has 4 aromatic heterocycles. The van der Waals surface area contributed by atoms with Crippen LogP contribution in [0.1, 0.15) is 22.8 Å². The zero-order valence-corrected chi connectivity index (χ0v) is 16.1. The van der Waals surface area contributed by atoms with Crippen LogP contribution in [0.15, 0.2) is 42.6 Å². The summed E-state index contributed by atoms with van der Waals surface area (Å²) in [5.41, 5.74) is 7.69. The first-order valence-corrected chi connectivity index (χ1v) is 9.61. The number of carbonyl (C=O) groups excluding carboxylic acids is 1. The fourth-order valence-electron chi connectivity index (χ4n) is 2.54. The number of fused-ring (bicyclic) bond motifs is 1.